The Kier molecular flexibility index (Phi) is 4.97. The van der Waals surface area contributed by atoms with Gasteiger partial charge in [0.05, 0.1) is 5.56 Å². The molecule has 0 aliphatic carbocycles. The van der Waals surface area contributed by atoms with E-state index in [4.69, 9.17) is 22.9 Å². The predicted octanol–water partition coefficient (Wildman–Crippen LogP) is 3.49. The van der Waals surface area contributed by atoms with Gasteiger partial charge in [0.2, 0.25) is 0 Å². The average molecular weight is 291 g/mol. The van der Waals surface area contributed by atoms with Gasteiger partial charge in [-0.15, -0.1) is 0 Å². The summed E-state index contributed by atoms with van der Waals surface area (Å²) in [6.45, 7) is 7.43. The Bertz CT molecular complexity index is 497. The molecule has 1 aliphatic heterocycles. The summed E-state index contributed by atoms with van der Waals surface area (Å²) >= 11 is 5.26. The molecule has 2 N–H and O–H groups in total. The number of nitrogens with zero attached hydrogens (tertiary/aromatic N) is 2. The van der Waals surface area contributed by atoms with Crippen molar-refractivity contribution in [3.63, 3.8) is 0 Å². The number of anilines is 1. The number of nitrogens with two attached hydrogens (primary N) is 1. The van der Waals surface area contributed by atoms with Crippen LogP contribution in [0.5, 0.6) is 0 Å². The minimum atomic E-state index is 0.464. The molecule has 4 heteroatoms. The molecule has 1 fully saturated rings. The summed E-state index contributed by atoms with van der Waals surface area (Å²) < 4.78 is 0. The van der Waals surface area contributed by atoms with Crippen molar-refractivity contribution in [2.24, 2.45) is 5.73 Å². The second-order valence-electron chi connectivity index (χ2n) is 5.78. The van der Waals surface area contributed by atoms with Gasteiger partial charge in [0.25, 0.3) is 0 Å². The summed E-state index contributed by atoms with van der Waals surface area (Å²) in [7, 11) is 0. The lowest BCUT2D eigenvalue weighted by atomic mass is 9.97. The zero-order valence-electron chi connectivity index (χ0n) is 12.8. The van der Waals surface area contributed by atoms with E-state index in [0.29, 0.717) is 11.0 Å². The molecule has 2 heterocycles. The molecule has 110 valence electrons. The van der Waals surface area contributed by atoms with Gasteiger partial charge in [-0.2, -0.15) is 0 Å². The quantitative estimate of drug-likeness (QED) is 0.862. The summed E-state index contributed by atoms with van der Waals surface area (Å²) in [5.74, 6) is 1.01. The average Bonchev–Trinajstić information content (AvgIpc) is 2.38. The number of pyridine rings is 1. The fraction of sp³-hybridized carbons (Fsp3) is 0.625. The molecule has 20 heavy (non-hydrogen) atoms. The van der Waals surface area contributed by atoms with Crippen molar-refractivity contribution in [3.8, 4) is 0 Å². The molecule has 0 aromatic carbocycles. The van der Waals surface area contributed by atoms with Gasteiger partial charge in [-0.25, -0.2) is 4.98 Å². The minimum absolute atomic E-state index is 0.464. The Morgan fingerprint density at radius 2 is 2.20 bits per heavy atom. The largest absolute Gasteiger partial charge is 0.389 e. The van der Waals surface area contributed by atoms with Crippen molar-refractivity contribution in [3.05, 3.63) is 22.9 Å². The molecule has 1 unspecified atom stereocenters. The van der Waals surface area contributed by atoms with Crippen LogP contribution < -0.4 is 10.6 Å². The Morgan fingerprint density at radius 3 is 2.85 bits per heavy atom. The molecule has 1 atom stereocenters. The van der Waals surface area contributed by atoms with E-state index in [1.165, 1.54) is 32.1 Å². The van der Waals surface area contributed by atoms with E-state index in [1.807, 2.05) is 6.92 Å². The second kappa shape index (κ2) is 6.53. The third kappa shape index (κ3) is 3.11. The van der Waals surface area contributed by atoms with Crippen LogP contribution in [0.15, 0.2) is 6.07 Å². The molecule has 3 nitrogen and oxygen atoms in total. The van der Waals surface area contributed by atoms with Crippen LogP contribution >= 0.6 is 12.2 Å². The van der Waals surface area contributed by atoms with Crippen molar-refractivity contribution in [1.82, 2.24) is 4.98 Å². The van der Waals surface area contributed by atoms with Crippen LogP contribution in [-0.4, -0.2) is 22.6 Å². The maximum atomic E-state index is 5.96. The van der Waals surface area contributed by atoms with Gasteiger partial charge in [0.15, 0.2) is 0 Å². The number of aromatic nitrogens is 1. The van der Waals surface area contributed by atoms with E-state index in [2.05, 4.69) is 24.8 Å². The zero-order valence-corrected chi connectivity index (χ0v) is 13.6. The highest BCUT2D eigenvalue weighted by Crippen LogP contribution is 2.30. The highest BCUT2D eigenvalue weighted by molar-refractivity contribution is 7.80. The summed E-state index contributed by atoms with van der Waals surface area (Å²) in [5.41, 5.74) is 9.10. The van der Waals surface area contributed by atoms with Crippen molar-refractivity contribution < 1.29 is 0 Å². The van der Waals surface area contributed by atoms with Gasteiger partial charge in [-0.3, -0.25) is 0 Å². The standard InChI is InChI=1S/C16H25N3S/c1-4-7-13-8-5-6-9-19(13)16-14(15(17)20)11(2)10-12(3)18-16/h10,13H,4-9H2,1-3H3,(H2,17,20). The molecule has 1 aromatic rings. The predicted molar refractivity (Wildman–Crippen MR) is 89.5 cm³/mol. The van der Waals surface area contributed by atoms with Crippen molar-refractivity contribution in [2.75, 3.05) is 11.4 Å². The topological polar surface area (TPSA) is 42.2 Å². The third-order valence-electron chi connectivity index (χ3n) is 4.09. The third-order valence-corrected chi connectivity index (χ3v) is 4.30. The van der Waals surface area contributed by atoms with Gasteiger partial charge < -0.3 is 10.6 Å². The van der Waals surface area contributed by atoms with Crippen molar-refractivity contribution in [1.29, 1.82) is 0 Å². The van der Waals surface area contributed by atoms with Crippen LogP contribution in [-0.2, 0) is 0 Å². The van der Waals surface area contributed by atoms with E-state index < -0.39 is 0 Å². The summed E-state index contributed by atoms with van der Waals surface area (Å²) in [6.07, 6.45) is 6.21. The Labute approximate surface area is 127 Å². The highest BCUT2D eigenvalue weighted by atomic mass is 32.1. The maximum Gasteiger partial charge on any atom is 0.139 e. The number of thiocarbonyl (C=S) groups is 1. The summed E-state index contributed by atoms with van der Waals surface area (Å²) in [4.78, 5) is 7.68. The van der Waals surface area contributed by atoms with Crippen LogP contribution in [0.25, 0.3) is 0 Å². The lowest BCUT2D eigenvalue weighted by molar-refractivity contribution is 0.431. The molecule has 0 bridgehead atoms. The number of hydrogen-bond donors (Lipinski definition) is 1. The van der Waals surface area contributed by atoms with Gasteiger partial charge in [0.1, 0.15) is 10.8 Å². The fourth-order valence-electron chi connectivity index (χ4n) is 3.24. The molecular weight excluding hydrogens is 266 g/mol. The maximum absolute atomic E-state index is 5.96. The van der Waals surface area contributed by atoms with E-state index in [1.54, 1.807) is 0 Å². The molecule has 2 rings (SSSR count). The minimum Gasteiger partial charge on any atom is -0.389 e. The first-order valence-corrected chi connectivity index (χ1v) is 8.00. The molecule has 1 aliphatic rings. The number of hydrogen-bond acceptors (Lipinski definition) is 3. The van der Waals surface area contributed by atoms with Crippen LogP contribution in [0, 0.1) is 13.8 Å². The molecular formula is C16H25N3S. The summed E-state index contributed by atoms with van der Waals surface area (Å²) in [5, 5.41) is 0. The van der Waals surface area contributed by atoms with Gasteiger partial charge >= 0.3 is 0 Å². The van der Waals surface area contributed by atoms with E-state index in [0.717, 1.165) is 29.2 Å². The van der Waals surface area contributed by atoms with Crippen LogP contribution in [0.1, 0.15) is 55.8 Å². The monoisotopic (exact) mass is 291 g/mol. The molecule has 0 amide bonds. The normalized spacial score (nSPS) is 19.1. The smallest absolute Gasteiger partial charge is 0.139 e. The highest BCUT2D eigenvalue weighted by Gasteiger charge is 2.26. The first kappa shape index (κ1) is 15.2. The van der Waals surface area contributed by atoms with Gasteiger partial charge in [-0.1, -0.05) is 25.6 Å². The number of piperidine rings is 1. The Balaban J connectivity index is 2.46. The Hall–Kier alpha value is -1.16. The molecule has 1 aromatic heterocycles. The van der Waals surface area contributed by atoms with Crippen molar-refractivity contribution in [2.45, 2.75) is 58.9 Å². The first-order valence-electron chi connectivity index (χ1n) is 7.59. The zero-order chi connectivity index (χ0) is 14.7. The van der Waals surface area contributed by atoms with Crippen LogP contribution in [0.2, 0.25) is 0 Å². The van der Waals surface area contributed by atoms with Crippen LogP contribution in [0.3, 0.4) is 0 Å². The van der Waals surface area contributed by atoms with E-state index in [-0.39, 0.29) is 0 Å². The molecule has 0 spiro atoms. The molecule has 0 saturated carbocycles. The fourth-order valence-corrected chi connectivity index (χ4v) is 3.49. The Morgan fingerprint density at radius 1 is 1.45 bits per heavy atom. The molecule has 0 radical (unpaired) electrons. The van der Waals surface area contributed by atoms with E-state index in [9.17, 15) is 0 Å². The SMILES string of the molecule is CCCC1CCCCN1c1nc(C)cc(C)c1C(N)=S. The van der Waals surface area contributed by atoms with E-state index >= 15 is 0 Å². The number of aryl methyl sites for hydroxylation is 2. The number of rotatable bonds is 4. The lowest BCUT2D eigenvalue weighted by Gasteiger charge is -2.38. The lowest BCUT2D eigenvalue weighted by Crippen LogP contribution is -2.41. The van der Waals surface area contributed by atoms with Crippen molar-refractivity contribution >= 4 is 23.0 Å². The summed E-state index contributed by atoms with van der Waals surface area (Å²) in [6, 6.07) is 2.65. The first-order chi connectivity index (χ1) is 9.54. The van der Waals surface area contributed by atoms with Crippen LogP contribution in [0.4, 0.5) is 5.82 Å². The van der Waals surface area contributed by atoms with Gasteiger partial charge in [-0.05, 0) is 51.2 Å². The second-order valence-corrected chi connectivity index (χ2v) is 6.21. The van der Waals surface area contributed by atoms with Gasteiger partial charge in [0, 0.05) is 18.3 Å². The molecule has 1 saturated heterocycles.